The molecule has 180 valence electrons. The monoisotopic (exact) mass is 500 g/mol. The summed E-state index contributed by atoms with van der Waals surface area (Å²) in [4.78, 5) is 29.1. The molecule has 1 aromatic carbocycles. The summed E-state index contributed by atoms with van der Waals surface area (Å²) in [7, 11) is 0. The van der Waals surface area contributed by atoms with E-state index in [4.69, 9.17) is 11.6 Å². The molecule has 1 fully saturated rings. The van der Waals surface area contributed by atoms with Gasteiger partial charge in [-0.3, -0.25) is 4.79 Å². The van der Waals surface area contributed by atoms with Crippen molar-refractivity contribution < 1.29 is 45.1 Å². The van der Waals surface area contributed by atoms with E-state index in [1.165, 1.54) is 6.92 Å². The summed E-state index contributed by atoms with van der Waals surface area (Å²) in [6.45, 7) is 1.71. The summed E-state index contributed by atoms with van der Waals surface area (Å²) in [6, 6.07) is -0.244. The Labute approximate surface area is 186 Å². The number of hydrogen-bond donors (Lipinski definition) is 2. The van der Waals surface area contributed by atoms with Gasteiger partial charge in [-0.15, -0.1) is 13.2 Å². The van der Waals surface area contributed by atoms with Crippen LogP contribution in [0.5, 0.6) is 5.75 Å². The molecule has 1 saturated heterocycles. The molecule has 0 spiro atoms. The predicted molar refractivity (Wildman–Crippen MR) is 99.2 cm³/mol. The summed E-state index contributed by atoms with van der Waals surface area (Å²) < 4.78 is 84.6. The highest BCUT2D eigenvalue weighted by atomic mass is 35.5. The normalized spacial score (nSPS) is 18.0. The fraction of sp³-hybridized carbons (Fsp3) is 0.389. The number of alkyl halides is 6. The third-order valence-corrected chi connectivity index (χ3v) is 4.90. The maximum absolute atomic E-state index is 12.9. The largest absolute Gasteiger partial charge is 0.573 e. The van der Waals surface area contributed by atoms with Gasteiger partial charge in [0.15, 0.2) is 0 Å². The third-order valence-electron chi connectivity index (χ3n) is 4.60. The van der Waals surface area contributed by atoms with Gasteiger partial charge in [0.25, 0.3) is 0 Å². The number of aromatic nitrogens is 1. The lowest BCUT2D eigenvalue weighted by Crippen LogP contribution is -2.58. The molecule has 0 saturated carbocycles. The summed E-state index contributed by atoms with van der Waals surface area (Å²) in [6.07, 6.45) is -9.31. The van der Waals surface area contributed by atoms with Crippen LogP contribution in [0.4, 0.5) is 31.1 Å². The fourth-order valence-electron chi connectivity index (χ4n) is 3.05. The summed E-state index contributed by atoms with van der Waals surface area (Å²) >= 11 is 5.85. The van der Waals surface area contributed by atoms with Crippen LogP contribution in [-0.2, 0) is 11.0 Å². The van der Waals surface area contributed by atoms with Gasteiger partial charge in [0.1, 0.15) is 29.8 Å². The van der Waals surface area contributed by atoms with Crippen molar-refractivity contribution in [1.82, 2.24) is 20.5 Å². The SMILES string of the molecule is C[C@@H]1C(=O)NCCN1C(=O)NC(c1ccc(OC(F)(F)F)c(Cl)c1)c1coc(C(F)(F)F)n1. The van der Waals surface area contributed by atoms with E-state index in [9.17, 15) is 35.9 Å². The van der Waals surface area contributed by atoms with Crippen molar-refractivity contribution in [3.05, 3.63) is 46.6 Å². The molecule has 1 aromatic heterocycles. The van der Waals surface area contributed by atoms with Crippen molar-refractivity contribution in [2.24, 2.45) is 0 Å². The molecule has 0 radical (unpaired) electrons. The van der Waals surface area contributed by atoms with Crippen LogP contribution in [0.25, 0.3) is 0 Å². The lowest BCUT2D eigenvalue weighted by atomic mass is 10.0. The highest BCUT2D eigenvalue weighted by molar-refractivity contribution is 6.32. The first kappa shape index (κ1) is 24.5. The molecule has 2 atom stereocenters. The van der Waals surface area contributed by atoms with Gasteiger partial charge in [0.05, 0.1) is 5.02 Å². The van der Waals surface area contributed by atoms with Crippen LogP contribution >= 0.6 is 11.6 Å². The Morgan fingerprint density at radius 3 is 2.61 bits per heavy atom. The van der Waals surface area contributed by atoms with Gasteiger partial charge in [-0.25, -0.2) is 9.78 Å². The Morgan fingerprint density at radius 1 is 1.33 bits per heavy atom. The van der Waals surface area contributed by atoms with E-state index in [0.717, 1.165) is 23.1 Å². The van der Waals surface area contributed by atoms with Crippen LogP contribution in [0.2, 0.25) is 5.02 Å². The average molecular weight is 501 g/mol. The van der Waals surface area contributed by atoms with Gasteiger partial charge in [0.2, 0.25) is 5.91 Å². The second-order valence-electron chi connectivity index (χ2n) is 6.86. The molecule has 8 nitrogen and oxygen atoms in total. The number of carbonyl (C=O) groups excluding carboxylic acids is 2. The van der Waals surface area contributed by atoms with E-state index in [-0.39, 0.29) is 18.7 Å². The lowest BCUT2D eigenvalue weighted by molar-refractivity contribution is -0.274. The molecule has 3 amide bonds. The van der Waals surface area contributed by atoms with E-state index in [1.54, 1.807) is 0 Å². The molecule has 33 heavy (non-hydrogen) atoms. The molecule has 2 N–H and O–H groups in total. The van der Waals surface area contributed by atoms with Crippen LogP contribution in [0.15, 0.2) is 28.9 Å². The minimum Gasteiger partial charge on any atom is -0.441 e. The number of halogens is 7. The highest BCUT2D eigenvalue weighted by Crippen LogP contribution is 2.35. The molecule has 0 bridgehead atoms. The Kier molecular flexibility index (Phi) is 6.68. The first-order valence-corrected chi connectivity index (χ1v) is 9.56. The summed E-state index contributed by atoms with van der Waals surface area (Å²) in [5, 5.41) is 4.46. The molecule has 1 unspecified atom stereocenters. The van der Waals surface area contributed by atoms with E-state index in [0.29, 0.717) is 6.26 Å². The first-order valence-electron chi connectivity index (χ1n) is 9.19. The van der Waals surface area contributed by atoms with Crippen molar-refractivity contribution in [2.45, 2.75) is 31.5 Å². The molecule has 15 heteroatoms. The second kappa shape index (κ2) is 9.00. The number of nitrogens with zero attached hydrogens (tertiary/aromatic N) is 2. The van der Waals surface area contributed by atoms with E-state index in [1.807, 2.05) is 0 Å². The first-order chi connectivity index (χ1) is 15.3. The number of rotatable bonds is 4. The fourth-order valence-corrected chi connectivity index (χ4v) is 3.27. The van der Waals surface area contributed by atoms with Crippen molar-refractivity contribution in [3.63, 3.8) is 0 Å². The topological polar surface area (TPSA) is 96.7 Å². The van der Waals surface area contributed by atoms with Gasteiger partial charge in [-0.05, 0) is 24.6 Å². The Balaban J connectivity index is 1.95. The summed E-state index contributed by atoms with van der Waals surface area (Å²) in [5.41, 5.74) is -0.413. The molecule has 2 heterocycles. The zero-order chi connectivity index (χ0) is 24.6. The quantitative estimate of drug-likeness (QED) is 0.621. The number of amides is 3. The zero-order valence-corrected chi connectivity index (χ0v) is 17.3. The predicted octanol–water partition coefficient (Wildman–Crippen LogP) is 3.86. The van der Waals surface area contributed by atoms with Crippen molar-refractivity contribution in [2.75, 3.05) is 13.1 Å². The number of ether oxygens (including phenoxy) is 1. The standard InChI is InChI=1S/C18H15ClF6N4O4/c1-8-14(30)26-4-5-29(8)16(31)28-13(11-7-32-15(27-11)17(20,21)22)9-2-3-12(10(19)6-9)33-18(23,24)25/h2-3,6-8,13H,4-5H2,1H3,(H,26,30)(H,28,31)/t8-,13?/m1/s1. The Hall–Kier alpha value is -3.16. The number of benzene rings is 1. The van der Waals surface area contributed by atoms with Gasteiger partial charge in [-0.1, -0.05) is 17.7 Å². The summed E-state index contributed by atoms with van der Waals surface area (Å²) in [5.74, 6) is -2.79. The Morgan fingerprint density at radius 2 is 2.03 bits per heavy atom. The smallest absolute Gasteiger partial charge is 0.441 e. The maximum Gasteiger partial charge on any atom is 0.573 e. The molecule has 1 aliphatic rings. The number of carbonyl (C=O) groups is 2. The van der Waals surface area contributed by atoms with Gasteiger partial charge in [0, 0.05) is 13.1 Å². The minimum absolute atomic E-state index is 0.0148. The van der Waals surface area contributed by atoms with Gasteiger partial charge < -0.3 is 24.7 Å². The lowest BCUT2D eigenvalue weighted by Gasteiger charge is -2.34. The van der Waals surface area contributed by atoms with E-state index < -0.39 is 58.9 Å². The van der Waals surface area contributed by atoms with Crippen LogP contribution < -0.4 is 15.4 Å². The number of nitrogens with one attached hydrogen (secondary N) is 2. The molecule has 2 aromatic rings. The minimum atomic E-state index is -5.03. The second-order valence-corrected chi connectivity index (χ2v) is 7.26. The van der Waals surface area contributed by atoms with Crippen LogP contribution in [0.1, 0.15) is 30.1 Å². The number of piperazine rings is 1. The maximum atomic E-state index is 12.9. The van der Waals surface area contributed by atoms with Crippen molar-refractivity contribution in [1.29, 1.82) is 0 Å². The Bertz CT molecular complexity index is 1040. The number of urea groups is 1. The van der Waals surface area contributed by atoms with Crippen LogP contribution in [-0.4, -0.2) is 47.3 Å². The molecule has 3 rings (SSSR count). The molecule has 1 aliphatic heterocycles. The number of hydrogen-bond acceptors (Lipinski definition) is 5. The van der Waals surface area contributed by atoms with E-state index in [2.05, 4.69) is 24.8 Å². The van der Waals surface area contributed by atoms with Crippen molar-refractivity contribution in [3.8, 4) is 5.75 Å². The zero-order valence-electron chi connectivity index (χ0n) is 16.6. The number of oxazole rings is 1. The van der Waals surface area contributed by atoms with Crippen LogP contribution in [0, 0.1) is 0 Å². The van der Waals surface area contributed by atoms with Crippen LogP contribution in [0.3, 0.4) is 0 Å². The molecular weight excluding hydrogens is 486 g/mol. The molecule has 0 aliphatic carbocycles. The molecular formula is C18H15ClF6N4O4. The highest BCUT2D eigenvalue weighted by Gasteiger charge is 2.39. The van der Waals surface area contributed by atoms with E-state index >= 15 is 0 Å². The average Bonchev–Trinajstić information content (AvgIpc) is 3.19. The van der Waals surface area contributed by atoms with Crippen molar-refractivity contribution >= 4 is 23.5 Å². The van der Waals surface area contributed by atoms with Gasteiger partial charge in [-0.2, -0.15) is 13.2 Å². The van der Waals surface area contributed by atoms with Gasteiger partial charge >= 0.3 is 24.5 Å². The third kappa shape index (κ3) is 5.80.